The van der Waals surface area contributed by atoms with Gasteiger partial charge in [-0.1, -0.05) is 11.6 Å². The molecular formula is C28H37ClN6O6S2. The molecule has 234 valence electrons. The van der Waals surface area contributed by atoms with Crippen molar-refractivity contribution in [1.82, 2.24) is 29.4 Å². The Balaban J connectivity index is 1.37. The molecule has 1 atom stereocenters. The Morgan fingerprint density at radius 1 is 1.19 bits per heavy atom. The highest BCUT2D eigenvalue weighted by Gasteiger charge is 2.39. The molecule has 0 saturated carbocycles. The minimum atomic E-state index is -3.96. The lowest BCUT2D eigenvalue weighted by Gasteiger charge is -2.40. The van der Waals surface area contributed by atoms with Crippen LogP contribution in [0.25, 0.3) is 10.9 Å². The van der Waals surface area contributed by atoms with Gasteiger partial charge in [0.2, 0.25) is 5.91 Å². The number of thiazole rings is 1. The number of ether oxygens (including phenoxy) is 2. The summed E-state index contributed by atoms with van der Waals surface area (Å²) in [6.07, 6.45) is 0.0679. The van der Waals surface area contributed by atoms with Crippen LogP contribution < -0.4 is 5.32 Å². The summed E-state index contributed by atoms with van der Waals surface area (Å²) in [6, 6.07) is 5.94. The van der Waals surface area contributed by atoms with Crippen LogP contribution in [0, 0.1) is 0 Å². The molecular weight excluding hydrogens is 616 g/mol. The number of aromatic nitrogens is 2. The van der Waals surface area contributed by atoms with Crippen LogP contribution in [-0.2, 0) is 37.3 Å². The predicted octanol–water partition coefficient (Wildman–Crippen LogP) is 2.69. The fourth-order valence-corrected chi connectivity index (χ4v) is 8.21. The number of aromatic amines is 1. The number of nitrogens with zero attached hydrogens (tertiary/aromatic N) is 4. The van der Waals surface area contributed by atoms with Crippen LogP contribution in [0.4, 0.5) is 0 Å². The highest BCUT2D eigenvalue weighted by molar-refractivity contribution is 7.89. The summed E-state index contributed by atoms with van der Waals surface area (Å²) >= 11 is 7.47. The topological polar surface area (TPSA) is 137 Å². The Hall–Kier alpha value is -2.59. The molecule has 12 nitrogen and oxygen atoms in total. The van der Waals surface area contributed by atoms with Crippen LogP contribution >= 0.6 is 22.9 Å². The van der Waals surface area contributed by atoms with Crippen LogP contribution in [-0.4, -0.2) is 110 Å². The first kappa shape index (κ1) is 31.8. The lowest BCUT2D eigenvalue weighted by atomic mass is 10.1. The SMILES string of the molecule is CCOC(CNC(=O)CC1CN(S(=O)(=O)c2cc3cc(Cl)ccc3[nH]2)CCN1C(=O)c1nc2c(s1)CN(C)CC2)OCC. The van der Waals surface area contributed by atoms with Crippen molar-refractivity contribution in [2.45, 2.75) is 50.6 Å². The number of fused-ring (bicyclic) bond motifs is 2. The van der Waals surface area contributed by atoms with Gasteiger partial charge in [0.15, 0.2) is 11.3 Å². The summed E-state index contributed by atoms with van der Waals surface area (Å²) in [5.41, 5.74) is 1.57. The van der Waals surface area contributed by atoms with Gasteiger partial charge >= 0.3 is 0 Å². The van der Waals surface area contributed by atoms with E-state index >= 15 is 0 Å². The molecule has 2 aromatic heterocycles. The Morgan fingerprint density at radius 2 is 1.95 bits per heavy atom. The van der Waals surface area contributed by atoms with Gasteiger partial charge in [0.25, 0.3) is 15.9 Å². The van der Waals surface area contributed by atoms with E-state index in [1.54, 1.807) is 29.2 Å². The zero-order valence-corrected chi connectivity index (χ0v) is 26.9. The second kappa shape index (κ2) is 13.6. The highest BCUT2D eigenvalue weighted by Crippen LogP contribution is 2.29. The molecule has 0 bridgehead atoms. The van der Waals surface area contributed by atoms with Crippen molar-refractivity contribution in [2.24, 2.45) is 0 Å². The molecule has 1 fully saturated rings. The van der Waals surface area contributed by atoms with E-state index in [1.165, 1.54) is 15.6 Å². The molecule has 43 heavy (non-hydrogen) atoms. The second-order valence-corrected chi connectivity index (χ2v) is 14.0. The molecule has 0 aliphatic carbocycles. The first-order valence-electron chi connectivity index (χ1n) is 14.4. The number of amides is 2. The maximum absolute atomic E-state index is 13.8. The van der Waals surface area contributed by atoms with Gasteiger partial charge in [0.1, 0.15) is 5.03 Å². The Kier molecular flexibility index (Phi) is 10.1. The third-order valence-corrected chi connectivity index (χ3v) is 10.7. The molecule has 2 N–H and O–H groups in total. The molecule has 0 radical (unpaired) electrons. The quantitative estimate of drug-likeness (QED) is 0.302. The predicted molar refractivity (Wildman–Crippen MR) is 164 cm³/mol. The second-order valence-electron chi connectivity index (χ2n) is 10.6. The van der Waals surface area contributed by atoms with Gasteiger partial charge in [0, 0.05) is 79.6 Å². The third-order valence-electron chi connectivity index (χ3n) is 7.58. The number of carbonyl (C=O) groups excluding carboxylic acids is 2. The summed E-state index contributed by atoms with van der Waals surface area (Å²) in [4.78, 5) is 39.4. The Labute approximate surface area is 260 Å². The smallest absolute Gasteiger partial charge is 0.283 e. The molecule has 5 rings (SSSR count). The average molecular weight is 653 g/mol. The van der Waals surface area contributed by atoms with Gasteiger partial charge in [-0.25, -0.2) is 13.4 Å². The first-order valence-corrected chi connectivity index (χ1v) is 17.0. The van der Waals surface area contributed by atoms with Gasteiger partial charge in [-0.3, -0.25) is 9.59 Å². The molecule has 1 unspecified atom stereocenters. The number of hydrogen-bond donors (Lipinski definition) is 2. The number of piperazine rings is 1. The van der Waals surface area contributed by atoms with Crippen LogP contribution in [0.5, 0.6) is 0 Å². The average Bonchev–Trinajstić information content (AvgIpc) is 3.60. The zero-order chi connectivity index (χ0) is 30.7. The largest absolute Gasteiger partial charge is 0.351 e. The summed E-state index contributed by atoms with van der Waals surface area (Å²) in [6.45, 7) is 6.40. The molecule has 1 aromatic carbocycles. The number of halogens is 1. The first-order chi connectivity index (χ1) is 20.6. The van der Waals surface area contributed by atoms with E-state index in [0.717, 1.165) is 30.1 Å². The number of likely N-dealkylation sites (N-methyl/N-ethyl adjacent to an activating group) is 1. The third kappa shape index (κ3) is 7.22. The van der Waals surface area contributed by atoms with E-state index in [1.807, 2.05) is 20.9 Å². The van der Waals surface area contributed by atoms with Crippen LogP contribution in [0.15, 0.2) is 29.3 Å². The molecule has 2 amide bonds. The van der Waals surface area contributed by atoms with Crippen LogP contribution in [0.2, 0.25) is 5.02 Å². The Morgan fingerprint density at radius 3 is 2.70 bits per heavy atom. The molecule has 4 heterocycles. The molecule has 2 aliphatic rings. The number of carbonyl (C=O) groups is 2. The van der Waals surface area contributed by atoms with Crippen molar-refractivity contribution >= 4 is 55.7 Å². The maximum Gasteiger partial charge on any atom is 0.283 e. The number of hydrogen-bond acceptors (Lipinski definition) is 9. The Bertz CT molecular complexity index is 1570. The monoisotopic (exact) mass is 652 g/mol. The minimum Gasteiger partial charge on any atom is -0.351 e. The fourth-order valence-electron chi connectivity index (χ4n) is 5.40. The van der Waals surface area contributed by atoms with Crippen LogP contribution in [0.3, 0.4) is 0 Å². The fraction of sp³-hybridized carbons (Fsp3) is 0.536. The van der Waals surface area contributed by atoms with E-state index in [2.05, 4.69) is 20.2 Å². The van der Waals surface area contributed by atoms with Crippen molar-refractivity contribution in [1.29, 1.82) is 0 Å². The van der Waals surface area contributed by atoms with Gasteiger partial charge in [-0.05, 0) is 45.2 Å². The molecule has 0 spiro atoms. The van der Waals surface area contributed by atoms with Gasteiger partial charge in [0.05, 0.1) is 18.3 Å². The van der Waals surface area contributed by atoms with E-state index in [9.17, 15) is 18.0 Å². The summed E-state index contributed by atoms with van der Waals surface area (Å²) in [5, 5.41) is 4.38. The van der Waals surface area contributed by atoms with E-state index in [-0.39, 0.29) is 49.4 Å². The van der Waals surface area contributed by atoms with E-state index in [4.69, 9.17) is 21.1 Å². The van der Waals surface area contributed by atoms with Gasteiger partial charge in [-0.2, -0.15) is 4.31 Å². The molecule has 2 aliphatic heterocycles. The van der Waals surface area contributed by atoms with Gasteiger partial charge in [-0.15, -0.1) is 11.3 Å². The van der Waals surface area contributed by atoms with Crippen molar-refractivity contribution < 1.29 is 27.5 Å². The summed E-state index contributed by atoms with van der Waals surface area (Å²) < 4.78 is 39.9. The normalized spacial score (nSPS) is 18.3. The lowest BCUT2D eigenvalue weighted by molar-refractivity contribution is -0.141. The zero-order valence-electron chi connectivity index (χ0n) is 24.5. The van der Waals surface area contributed by atoms with Crippen LogP contribution in [0.1, 0.15) is 40.6 Å². The molecule has 3 aromatic rings. The number of benzene rings is 1. The van der Waals surface area contributed by atoms with Crippen molar-refractivity contribution in [3.05, 3.63) is 44.9 Å². The minimum absolute atomic E-state index is 0.0285. The van der Waals surface area contributed by atoms with Crippen molar-refractivity contribution in [2.75, 3.05) is 53.0 Å². The lowest BCUT2D eigenvalue weighted by Crippen LogP contribution is -2.57. The maximum atomic E-state index is 13.8. The van der Waals surface area contributed by atoms with Gasteiger partial charge < -0.3 is 29.6 Å². The highest BCUT2D eigenvalue weighted by atomic mass is 35.5. The summed E-state index contributed by atoms with van der Waals surface area (Å²) in [7, 11) is -1.93. The summed E-state index contributed by atoms with van der Waals surface area (Å²) in [5.74, 6) is -0.634. The number of rotatable bonds is 11. The van der Waals surface area contributed by atoms with Crippen molar-refractivity contribution in [3.63, 3.8) is 0 Å². The molecule has 1 saturated heterocycles. The standard InChI is InChI=1S/C28H37ClN6O6S2/c1-4-40-26(41-5-2)15-30-24(36)14-20-16-34(43(38,39)25-13-18-12-19(29)6-7-21(18)31-25)10-11-35(20)28(37)27-32-22-8-9-33(3)17-23(22)42-27/h6-7,12-13,20,26,31H,4-5,8-11,14-17H2,1-3H3,(H,30,36). The number of sulfonamides is 1. The van der Waals surface area contributed by atoms with E-state index < -0.39 is 22.4 Å². The number of nitrogens with one attached hydrogen (secondary N) is 2. The molecule has 15 heteroatoms. The van der Waals surface area contributed by atoms with Crippen molar-refractivity contribution in [3.8, 4) is 0 Å². The number of H-pyrrole nitrogens is 1. The van der Waals surface area contributed by atoms with E-state index in [0.29, 0.717) is 34.1 Å².